The van der Waals surface area contributed by atoms with E-state index in [1.165, 1.54) is 14.2 Å². The lowest BCUT2D eigenvalue weighted by Crippen LogP contribution is -2.25. The van der Waals surface area contributed by atoms with Crippen molar-refractivity contribution in [3.05, 3.63) is 34.7 Å². The van der Waals surface area contributed by atoms with Gasteiger partial charge in [-0.25, -0.2) is 0 Å². The number of anilines is 2. The number of ether oxygens (including phenoxy) is 3. The summed E-state index contributed by atoms with van der Waals surface area (Å²) in [5.74, 6) is 0.0557. The average molecular weight is 350 g/mol. The van der Waals surface area contributed by atoms with Crippen molar-refractivity contribution >= 4 is 25.1 Å². The predicted molar refractivity (Wildman–Crippen MR) is 95.1 cm³/mol. The number of nitrogen functional groups attached to an aromatic ring is 2. The van der Waals surface area contributed by atoms with E-state index in [2.05, 4.69) is 9.97 Å². The van der Waals surface area contributed by atoms with E-state index >= 15 is 0 Å². The molecule has 6 N–H and O–H groups in total. The molecule has 0 saturated heterocycles. The maximum absolute atomic E-state index is 9.60. The smallest absolute Gasteiger partial charge is 0.232 e. The van der Waals surface area contributed by atoms with Crippen molar-refractivity contribution < 1.29 is 14.2 Å². The summed E-state index contributed by atoms with van der Waals surface area (Å²) in [7, 11) is 9.03. The molecule has 0 saturated carbocycles. The first kappa shape index (κ1) is 17.2. The molecule has 10 heteroatoms. The fourth-order valence-electron chi connectivity index (χ4n) is 2.91. The van der Waals surface area contributed by atoms with Crippen LogP contribution in [0.3, 0.4) is 0 Å². The molecule has 3 rings (SSSR count). The van der Waals surface area contributed by atoms with Crippen LogP contribution in [0.4, 0.5) is 11.8 Å². The largest absolute Gasteiger partial charge is 0.493 e. The highest BCUT2D eigenvalue weighted by molar-refractivity contribution is 6.34. The average Bonchev–Trinajstić information content (AvgIpc) is 2.59. The molecule has 0 amide bonds. The Hall–Kier alpha value is -3.61. The lowest BCUT2D eigenvalue weighted by Gasteiger charge is -2.27. The number of benzene rings is 1. The van der Waals surface area contributed by atoms with Gasteiger partial charge in [-0.1, -0.05) is 11.5 Å². The van der Waals surface area contributed by atoms with Crippen LogP contribution in [0.1, 0.15) is 17.0 Å². The minimum absolute atomic E-state index is 0.0694. The van der Waals surface area contributed by atoms with Gasteiger partial charge in [0.2, 0.25) is 17.7 Å². The molecule has 0 bridgehead atoms. The number of nitriles is 1. The zero-order chi connectivity index (χ0) is 19.0. The maximum atomic E-state index is 9.60. The highest BCUT2D eigenvalue weighted by Crippen LogP contribution is 2.44. The molecular formula is C16H15BN6O3. The summed E-state index contributed by atoms with van der Waals surface area (Å²) in [6.45, 7) is 0. The number of aromatic nitrogens is 2. The van der Waals surface area contributed by atoms with Crippen LogP contribution in [0.5, 0.6) is 17.4 Å². The normalized spacial score (nSPS) is 15.7. The Labute approximate surface area is 150 Å². The van der Waals surface area contributed by atoms with Gasteiger partial charge in [0.25, 0.3) is 0 Å². The quantitative estimate of drug-likeness (QED) is 0.631. The molecule has 1 unspecified atom stereocenters. The summed E-state index contributed by atoms with van der Waals surface area (Å²) in [6.07, 6.45) is 0. The number of fused-ring (bicyclic) bond motifs is 1. The molecule has 1 aliphatic heterocycles. The maximum Gasteiger partial charge on any atom is 0.232 e. The topological polar surface area (TPSA) is 155 Å². The van der Waals surface area contributed by atoms with Gasteiger partial charge in [-0.3, -0.25) is 0 Å². The summed E-state index contributed by atoms with van der Waals surface area (Å²) in [6, 6.07) is 5.36. The summed E-state index contributed by atoms with van der Waals surface area (Å²) < 4.78 is 16.0. The molecule has 1 aromatic heterocycles. The van der Waals surface area contributed by atoms with Gasteiger partial charge in [0.05, 0.1) is 25.7 Å². The van der Waals surface area contributed by atoms with Crippen LogP contribution in [0, 0.1) is 11.3 Å². The monoisotopic (exact) mass is 350 g/mol. The SMILES string of the molecule is [B]c1cc(C2C(C#N)=C(N)Oc3nc(N)nc(N)c32)cc(OC)c1OC. The number of allylic oxidation sites excluding steroid dienone is 1. The summed E-state index contributed by atoms with van der Waals surface area (Å²) in [5.41, 5.74) is 19.0. The van der Waals surface area contributed by atoms with Gasteiger partial charge in [0.15, 0.2) is 11.5 Å². The molecule has 0 spiro atoms. The first-order valence-corrected chi connectivity index (χ1v) is 7.43. The molecule has 1 aromatic carbocycles. The van der Waals surface area contributed by atoms with Crippen molar-refractivity contribution in [2.45, 2.75) is 5.92 Å². The van der Waals surface area contributed by atoms with Crippen LogP contribution in [0.15, 0.2) is 23.6 Å². The lowest BCUT2D eigenvalue weighted by atomic mass is 9.81. The summed E-state index contributed by atoms with van der Waals surface area (Å²) in [4.78, 5) is 7.98. The van der Waals surface area contributed by atoms with E-state index in [0.29, 0.717) is 28.1 Å². The number of hydrogen-bond donors (Lipinski definition) is 3. The summed E-state index contributed by atoms with van der Waals surface area (Å²) in [5, 5.41) is 9.60. The molecule has 1 atom stereocenters. The molecule has 1 aliphatic rings. The Morgan fingerprint density at radius 1 is 1.19 bits per heavy atom. The fraction of sp³-hybridized carbons (Fsp3) is 0.188. The Kier molecular flexibility index (Phi) is 4.22. The number of nitrogens with zero attached hydrogens (tertiary/aromatic N) is 3. The van der Waals surface area contributed by atoms with Crippen LogP contribution in [-0.2, 0) is 0 Å². The zero-order valence-electron chi connectivity index (χ0n) is 14.1. The standard InChI is InChI=1S/C16H15BN6O3/c1-24-9-4-6(3-8(17)12(9)25-2)10-7(5-18)14(20)26-15-11(10)13(19)22-16(21)23-15/h3-4,10H,20H2,1-2H3,(H4,19,21,22,23). The van der Waals surface area contributed by atoms with Gasteiger partial charge >= 0.3 is 0 Å². The molecule has 2 heterocycles. The van der Waals surface area contributed by atoms with E-state index < -0.39 is 5.92 Å². The van der Waals surface area contributed by atoms with Crippen LogP contribution < -0.4 is 36.9 Å². The Balaban J connectivity index is 2.30. The van der Waals surface area contributed by atoms with Crippen molar-refractivity contribution in [3.8, 4) is 23.4 Å². The third-order valence-electron chi connectivity index (χ3n) is 3.99. The molecule has 2 aromatic rings. The van der Waals surface area contributed by atoms with Gasteiger partial charge in [0.1, 0.15) is 25.3 Å². The van der Waals surface area contributed by atoms with E-state index in [-0.39, 0.29) is 29.1 Å². The Morgan fingerprint density at radius 3 is 2.54 bits per heavy atom. The first-order chi connectivity index (χ1) is 12.4. The minimum atomic E-state index is -0.702. The van der Waals surface area contributed by atoms with Crippen molar-refractivity contribution in [2.24, 2.45) is 5.73 Å². The number of hydrogen-bond acceptors (Lipinski definition) is 9. The van der Waals surface area contributed by atoms with Gasteiger partial charge < -0.3 is 31.4 Å². The number of nitrogens with two attached hydrogens (primary N) is 3. The number of rotatable bonds is 3. The number of methoxy groups -OCH3 is 2. The van der Waals surface area contributed by atoms with Crippen LogP contribution >= 0.6 is 0 Å². The molecule has 2 radical (unpaired) electrons. The molecule has 9 nitrogen and oxygen atoms in total. The van der Waals surface area contributed by atoms with Crippen molar-refractivity contribution in [1.29, 1.82) is 5.26 Å². The van der Waals surface area contributed by atoms with E-state index in [1.54, 1.807) is 12.1 Å². The minimum Gasteiger partial charge on any atom is -0.493 e. The predicted octanol–water partition coefficient (Wildman–Crippen LogP) is -0.330. The second kappa shape index (κ2) is 6.36. The highest BCUT2D eigenvalue weighted by atomic mass is 16.5. The van der Waals surface area contributed by atoms with Crippen molar-refractivity contribution in [2.75, 3.05) is 25.7 Å². The third kappa shape index (κ3) is 2.59. The molecule has 130 valence electrons. The second-order valence-electron chi connectivity index (χ2n) is 5.46. The van der Waals surface area contributed by atoms with Crippen LogP contribution in [-0.4, -0.2) is 32.0 Å². The van der Waals surface area contributed by atoms with E-state index in [4.69, 9.17) is 39.3 Å². The van der Waals surface area contributed by atoms with Crippen molar-refractivity contribution in [1.82, 2.24) is 9.97 Å². The molecule has 0 fully saturated rings. The van der Waals surface area contributed by atoms with E-state index in [0.717, 1.165) is 0 Å². The first-order valence-electron chi connectivity index (χ1n) is 7.43. The van der Waals surface area contributed by atoms with E-state index in [1.807, 2.05) is 6.07 Å². The van der Waals surface area contributed by atoms with Gasteiger partial charge in [-0.15, -0.1) is 0 Å². The van der Waals surface area contributed by atoms with Gasteiger partial charge in [0, 0.05) is 0 Å². The zero-order valence-corrected chi connectivity index (χ0v) is 14.1. The van der Waals surface area contributed by atoms with Crippen LogP contribution in [0.2, 0.25) is 0 Å². The fourth-order valence-corrected chi connectivity index (χ4v) is 2.91. The van der Waals surface area contributed by atoms with E-state index in [9.17, 15) is 5.26 Å². The second-order valence-corrected chi connectivity index (χ2v) is 5.46. The van der Waals surface area contributed by atoms with Gasteiger partial charge in [-0.2, -0.15) is 15.2 Å². The Bertz CT molecular complexity index is 969. The van der Waals surface area contributed by atoms with Crippen LogP contribution in [0.25, 0.3) is 0 Å². The summed E-state index contributed by atoms with van der Waals surface area (Å²) >= 11 is 0. The third-order valence-corrected chi connectivity index (χ3v) is 3.99. The highest BCUT2D eigenvalue weighted by Gasteiger charge is 2.35. The molecular weight excluding hydrogens is 335 g/mol. The molecule has 0 aliphatic carbocycles. The lowest BCUT2D eigenvalue weighted by molar-refractivity contribution is 0.356. The Morgan fingerprint density at radius 2 is 1.92 bits per heavy atom. The van der Waals surface area contributed by atoms with Gasteiger partial charge in [-0.05, 0) is 11.6 Å². The van der Waals surface area contributed by atoms with Crippen molar-refractivity contribution in [3.63, 3.8) is 0 Å². The molecule has 26 heavy (non-hydrogen) atoms.